The molecule has 0 aromatic heterocycles. The van der Waals surface area contributed by atoms with Crippen LogP contribution in [-0.2, 0) is 5.92 Å². The number of rotatable bonds is 1. The van der Waals surface area contributed by atoms with Gasteiger partial charge in [-0.15, -0.1) is 0 Å². The highest BCUT2D eigenvalue weighted by Gasteiger charge is 2.27. The van der Waals surface area contributed by atoms with Crippen LogP contribution >= 0.6 is 0 Å². The first kappa shape index (κ1) is 8.11. The lowest BCUT2D eigenvalue weighted by atomic mass is 10.1. The zero-order valence-corrected chi connectivity index (χ0v) is 5.87. The second-order valence-electron chi connectivity index (χ2n) is 2.29. The van der Waals surface area contributed by atoms with E-state index in [0.29, 0.717) is 6.92 Å². The molecular weight excluding hydrogens is 153 g/mol. The predicted molar refractivity (Wildman–Crippen MR) is 34.8 cm³/mol. The van der Waals surface area contributed by atoms with Crippen LogP contribution in [-0.4, -0.2) is 0 Å². The number of hydrogen-bond donors (Lipinski definition) is 0. The molecule has 0 saturated carbocycles. The number of benzene rings is 1. The molecule has 1 radical (unpaired) electrons. The third-order valence-corrected chi connectivity index (χ3v) is 1.28. The van der Waals surface area contributed by atoms with E-state index in [1.54, 1.807) is 0 Å². The summed E-state index contributed by atoms with van der Waals surface area (Å²) in [5.41, 5.74) is -0.611. The molecule has 11 heavy (non-hydrogen) atoms. The van der Waals surface area contributed by atoms with Gasteiger partial charge in [-0.3, -0.25) is 0 Å². The van der Waals surface area contributed by atoms with Crippen LogP contribution in [0.25, 0.3) is 0 Å². The van der Waals surface area contributed by atoms with Gasteiger partial charge >= 0.3 is 0 Å². The second-order valence-corrected chi connectivity index (χ2v) is 2.29. The van der Waals surface area contributed by atoms with E-state index in [1.807, 2.05) is 0 Å². The molecule has 0 aliphatic heterocycles. The van der Waals surface area contributed by atoms with Crippen molar-refractivity contribution in [2.45, 2.75) is 12.8 Å². The molecule has 0 unspecified atom stereocenters. The van der Waals surface area contributed by atoms with Crippen molar-refractivity contribution in [2.24, 2.45) is 0 Å². The van der Waals surface area contributed by atoms with Crippen LogP contribution in [0.5, 0.6) is 0 Å². The Kier molecular flexibility index (Phi) is 1.89. The summed E-state index contributed by atoms with van der Waals surface area (Å²) in [6, 6.07) is 5.56. The molecule has 0 amide bonds. The third-order valence-electron chi connectivity index (χ3n) is 1.28. The van der Waals surface area contributed by atoms with Crippen molar-refractivity contribution in [3.8, 4) is 0 Å². The van der Waals surface area contributed by atoms with Crippen LogP contribution in [0.4, 0.5) is 13.2 Å². The molecular formula is C8H6F3. The average molecular weight is 159 g/mol. The molecule has 0 nitrogen and oxygen atoms in total. The van der Waals surface area contributed by atoms with E-state index >= 15 is 0 Å². The largest absolute Gasteiger partial charge is 0.273 e. The van der Waals surface area contributed by atoms with Crippen molar-refractivity contribution >= 4 is 0 Å². The first-order valence-corrected chi connectivity index (χ1v) is 3.05. The van der Waals surface area contributed by atoms with Gasteiger partial charge in [0, 0.05) is 6.92 Å². The van der Waals surface area contributed by atoms with Gasteiger partial charge in [0.1, 0.15) is 5.82 Å². The molecule has 0 aliphatic carbocycles. The quantitative estimate of drug-likeness (QED) is 0.591. The first-order chi connectivity index (χ1) is 5.02. The van der Waals surface area contributed by atoms with Gasteiger partial charge in [0.15, 0.2) is 0 Å². The molecule has 59 valence electrons. The van der Waals surface area contributed by atoms with Gasteiger partial charge in [0.25, 0.3) is 5.92 Å². The van der Waals surface area contributed by atoms with Gasteiger partial charge in [-0.25, -0.2) is 13.2 Å². The van der Waals surface area contributed by atoms with Gasteiger partial charge < -0.3 is 0 Å². The standard InChI is InChI=1S/C8H6F3/c1-8(10,11)6-4-2-3-5-7(6)9/h3-5H,1H3. The Hall–Kier alpha value is -0.990. The average Bonchev–Trinajstić information content (AvgIpc) is 1.86. The summed E-state index contributed by atoms with van der Waals surface area (Å²) in [6.45, 7) is 0.652. The number of alkyl halides is 2. The molecule has 0 saturated heterocycles. The number of hydrogen-bond acceptors (Lipinski definition) is 0. The summed E-state index contributed by atoms with van der Waals surface area (Å²) in [6.07, 6.45) is 0. The molecule has 1 aromatic carbocycles. The number of halogens is 3. The fourth-order valence-corrected chi connectivity index (χ4v) is 0.748. The maximum absolute atomic E-state index is 12.6. The minimum Gasteiger partial charge on any atom is -0.206 e. The maximum Gasteiger partial charge on any atom is 0.273 e. The Bertz CT molecular complexity index is 250. The Morgan fingerprint density at radius 1 is 1.45 bits per heavy atom. The monoisotopic (exact) mass is 159 g/mol. The Balaban J connectivity index is 3.14. The highest BCUT2D eigenvalue weighted by Crippen LogP contribution is 2.28. The molecule has 1 rings (SSSR count). The summed E-state index contributed by atoms with van der Waals surface area (Å²) < 4.78 is 37.5. The molecule has 0 fully saturated rings. The summed E-state index contributed by atoms with van der Waals surface area (Å²) in [4.78, 5) is 0. The Morgan fingerprint density at radius 3 is 2.45 bits per heavy atom. The van der Waals surface area contributed by atoms with Crippen LogP contribution < -0.4 is 0 Å². The van der Waals surface area contributed by atoms with Crippen LogP contribution in [0.2, 0.25) is 0 Å². The van der Waals surface area contributed by atoms with Gasteiger partial charge in [0.05, 0.1) is 5.56 Å². The van der Waals surface area contributed by atoms with Gasteiger partial charge in [-0.2, -0.15) is 0 Å². The van der Waals surface area contributed by atoms with E-state index < -0.39 is 17.3 Å². The second kappa shape index (κ2) is 2.57. The molecule has 0 aliphatic rings. The molecule has 0 heterocycles. The minimum atomic E-state index is -3.12. The van der Waals surface area contributed by atoms with Crippen molar-refractivity contribution < 1.29 is 13.2 Å². The normalized spacial score (nSPS) is 11.6. The molecule has 3 heteroatoms. The van der Waals surface area contributed by atoms with E-state index in [9.17, 15) is 13.2 Å². The third kappa shape index (κ3) is 1.73. The fraction of sp³-hybridized carbons (Fsp3) is 0.250. The highest BCUT2D eigenvalue weighted by molar-refractivity contribution is 5.20. The lowest BCUT2D eigenvalue weighted by Gasteiger charge is -2.10. The van der Waals surface area contributed by atoms with E-state index in [-0.39, 0.29) is 0 Å². The van der Waals surface area contributed by atoms with Crippen LogP contribution in [0.1, 0.15) is 12.5 Å². The SMILES string of the molecule is CC(F)(F)c1c[c]ccc1F. The van der Waals surface area contributed by atoms with Crippen LogP contribution in [0, 0.1) is 11.9 Å². The van der Waals surface area contributed by atoms with Gasteiger partial charge in [-0.1, -0.05) is 6.07 Å². The van der Waals surface area contributed by atoms with E-state index in [2.05, 4.69) is 6.07 Å². The van der Waals surface area contributed by atoms with Crippen LogP contribution in [0.15, 0.2) is 18.2 Å². The molecule has 0 bridgehead atoms. The lowest BCUT2D eigenvalue weighted by Crippen LogP contribution is -2.09. The van der Waals surface area contributed by atoms with Crippen molar-refractivity contribution in [3.05, 3.63) is 35.6 Å². The zero-order valence-electron chi connectivity index (χ0n) is 5.87. The van der Waals surface area contributed by atoms with E-state index in [1.165, 1.54) is 6.07 Å². The summed E-state index contributed by atoms with van der Waals surface area (Å²) in [7, 11) is 0. The minimum absolute atomic E-state index is 0.611. The lowest BCUT2D eigenvalue weighted by molar-refractivity contribution is 0.0137. The summed E-state index contributed by atoms with van der Waals surface area (Å²) >= 11 is 0. The molecule has 0 atom stereocenters. The van der Waals surface area contributed by atoms with Crippen molar-refractivity contribution in [3.63, 3.8) is 0 Å². The van der Waals surface area contributed by atoms with Gasteiger partial charge in [-0.05, 0) is 18.2 Å². The fourth-order valence-electron chi connectivity index (χ4n) is 0.748. The summed E-state index contributed by atoms with van der Waals surface area (Å²) in [5, 5.41) is 0. The first-order valence-electron chi connectivity index (χ1n) is 3.05. The zero-order chi connectivity index (χ0) is 8.48. The Labute approximate surface area is 62.7 Å². The van der Waals surface area contributed by atoms with E-state index in [4.69, 9.17) is 0 Å². The van der Waals surface area contributed by atoms with Crippen molar-refractivity contribution in [1.29, 1.82) is 0 Å². The molecule has 1 aromatic rings. The maximum atomic E-state index is 12.6. The van der Waals surface area contributed by atoms with Crippen molar-refractivity contribution in [2.75, 3.05) is 0 Å². The summed E-state index contributed by atoms with van der Waals surface area (Å²) in [5.74, 6) is -4.02. The smallest absolute Gasteiger partial charge is 0.206 e. The van der Waals surface area contributed by atoms with Crippen molar-refractivity contribution in [1.82, 2.24) is 0 Å². The van der Waals surface area contributed by atoms with Gasteiger partial charge in [0.2, 0.25) is 0 Å². The molecule has 0 N–H and O–H groups in total. The predicted octanol–water partition coefficient (Wildman–Crippen LogP) is 2.74. The Morgan fingerprint density at radius 2 is 2.09 bits per heavy atom. The topological polar surface area (TPSA) is 0 Å². The highest BCUT2D eigenvalue weighted by atomic mass is 19.3. The van der Waals surface area contributed by atoms with E-state index in [0.717, 1.165) is 12.1 Å². The molecule has 0 spiro atoms. The van der Waals surface area contributed by atoms with Crippen LogP contribution in [0.3, 0.4) is 0 Å².